The number of carbonyl (C=O) groups is 1. The monoisotopic (exact) mass is 402 g/mol. The van der Waals surface area contributed by atoms with Crippen LogP contribution in [-0.4, -0.2) is 63.2 Å². The molecule has 1 aliphatic rings. The highest BCUT2D eigenvalue weighted by molar-refractivity contribution is 7.89. The van der Waals surface area contributed by atoms with Crippen LogP contribution < -0.4 is 0 Å². The van der Waals surface area contributed by atoms with Gasteiger partial charge in [-0.3, -0.25) is 4.79 Å². The van der Waals surface area contributed by atoms with Crippen LogP contribution in [0.4, 0.5) is 0 Å². The fraction of sp³-hybridized carbons (Fsp3) is 0.588. The number of carbonyl (C=O) groups excluding carboxylic acids is 1. The largest absolute Gasteiger partial charge is 0.295 e. The third kappa shape index (κ3) is 4.91. The first-order valence-electron chi connectivity index (χ1n) is 8.63. The Morgan fingerprint density at radius 1 is 0.962 bits per heavy atom. The highest BCUT2D eigenvalue weighted by atomic mass is 32.2. The Morgan fingerprint density at radius 2 is 1.46 bits per heavy atom. The Kier molecular flexibility index (Phi) is 6.60. The van der Waals surface area contributed by atoms with E-state index in [0.717, 1.165) is 0 Å². The van der Waals surface area contributed by atoms with Gasteiger partial charge in [0.1, 0.15) is 0 Å². The maximum Gasteiger partial charge on any atom is 0.243 e. The molecule has 0 unspecified atom stereocenters. The summed E-state index contributed by atoms with van der Waals surface area (Å²) in [6, 6.07) is 5.80. The standard InChI is InChI=1S/C17H26N2O5S2/c1-14(2)8-13-25(21,22)18-9-11-19(12-10-18)26(23,24)17-6-4-16(5-7-17)15(3)20/h4-7,14H,8-13H2,1-3H3. The molecule has 0 aromatic heterocycles. The molecule has 0 amide bonds. The van der Waals surface area contributed by atoms with Crippen molar-refractivity contribution in [3.8, 4) is 0 Å². The van der Waals surface area contributed by atoms with Crippen LogP contribution in [0, 0.1) is 5.92 Å². The zero-order valence-corrected chi connectivity index (χ0v) is 17.0. The van der Waals surface area contributed by atoms with Crippen LogP contribution in [0.15, 0.2) is 29.2 Å². The van der Waals surface area contributed by atoms with Gasteiger partial charge in [0.25, 0.3) is 0 Å². The van der Waals surface area contributed by atoms with E-state index in [9.17, 15) is 21.6 Å². The maximum absolute atomic E-state index is 12.7. The Hall–Kier alpha value is -1.29. The van der Waals surface area contributed by atoms with Gasteiger partial charge in [-0.25, -0.2) is 16.8 Å². The van der Waals surface area contributed by atoms with E-state index in [4.69, 9.17) is 0 Å². The highest BCUT2D eigenvalue weighted by Gasteiger charge is 2.32. The van der Waals surface area contributed by atoms with Crippen LogP contribution in [-0.2, 0) is 20.0 Å². The van der Waals surface area contributed by atoms with Crippen LogP contribution in [0.5, 0.6) is 0 Å². The first kappa shape index (κ1) is 21.0. The quantitative estimate of drug-likeness (QED) is 0.646. The van der Waals surface area contributed by atoms with Gasteiger partial charge in [0.15, 0.2) is 5.78 Å². The van der Waals surface area contributed by atoms with Gasteiger partial charge in [0, 0.05) is 31.7 Å². The summed E-state index contributed by atoms with van der Waals surface area (Å²) < 4.78 is 52.8. The van der Waals surface area contributed by atoms with Gasteiger partial charge in [-0.15, -0.1) is 0 Å². The molecule has 146 valence electrons. The minimum absolute atomic E-state index is 0.0872. The average molecular weight is 403 g/mol. The van der Waals surface area contributed by atoms with E-state index in [1.165, 1.54) is 39.8 Å². The smallest absolute Gasteiger partial charge is 0.243 e. The number of piperazine rings is 1. The summed E-state index contributed by atoms with van der Waals surface area (Å²) in [5, 5.41) is 0. The third-order valence-corrected chi connectivity index (χ3v) is 8.26. The molecule has 9 heteroatoms. The van der Waals surface area contributed by atoms with Crippen molar-refractivity contribution in [2.45, 2.75) is 32.1 Å². The number of hydrogen-bond donors (Lipinski definition) is 0. The first-order chi connectivity index (χ1) is 12.0. The molecule has 0 saturated carbocycles. The van der Waals surface area contributed by atoms with E-state index >= 15 is 0 Å². The molecule has 1 fully saturated rings. The van der Waals surface area contributed by atoms with Gasteiger partial charge in [0.2, 0.25) is 20.0 Å². The van der Waals surface area contributed by atoms with Crippen molar-refractivity contribution in [1.82, 2.24) is 8.61 Å². The molecule has 0 spiro atoms. The van der Waals surface area contributed by atoms with Crippen molar-refractivity contribution in [3.05, 3.63) is 29.8 Å². The molecule has 0 aliphatic carbocycles. The normalized spacial score (nSPS) is 17.5. The number of hydrogen-bond acceptors (Lipinski definition) is 5. The summed E-state index contributed by atoms with van der Waals surface area (Å²) in [7, 11) is -7.05. The summed E-state index contributed by atoms with van der Waals surface area (Å²) in [5.41, 5.74) is 0.449. The molecule has 0 radical (unpaired) electrons. The molecular weight excluding hydrogens is 376 g/mol. The van der Waals surface area contributed by atoms with Gasteiger partial charge < -0.3 is 0 Å². The number of Topliss-reactive ketones (excluding diaryl/α,β-unsaturated/α-hetero) is 1. The van der Waals surface area contributed by atoms with E-state index in [1.54, 1.807) is 0 Å². The SMILES string of the molecule is CC(=O)c1ccc(S(=O)(=O)N2CCN(S(=O)(=O)CCC(C)C)CC2)cc1. The minimum atomic E-state index is -3.70. The summed E-state index contributed by atoms with van der Waals surface area (Å²) in [4.78, 5) is 11.4. The van der Waals surface area contributed by atoms with Gasteiger partial charge >= 0.3 is 0 Å². The fourth-order valence-corrected chi connectivity index (χ4v) is 5.88. The van der Waals surface area contributed by atoms with E-state index in [-0.39, 0.29) is 42.6 Å². The average Bonchev–Trinajstić information content (AvgIpc) is 2.60. The maximum atomic E-state index is 12.7. The Bertz CT molecular complexity index is 838. The number of nitrogens with zero attached hydrogens (tertiary/aromatic N) is 2. The molecular formula is C17H26N2O5S2. The van der Waals surface area contributed by atoms with Crippen LogP contribution >= 0.6 is 0 Å². The Morgan fingerprint density at radius 3 is 1.92 bits per heavy atom. The molecule has 1 heterocycles. The summed E-state index contributed by atoms with van der Waals surface area (Å²) in [6.07, 6.45) is 0.587. The second kappa shape index (κ2) is 8.16. The minimum Gasteiger partial charge on any atom is -0.295 e. The molecule has 1 aliphatic heterocycles. The van der Waals surface area contributed by atoms with Crippen molar-refractivity contribution in [2.24, 2.45) is 5.92 Å². The molecule has 7 nitrogen and oxygen atoms in total. The first-order valence-corrected chi connectivity index (χ1v) is 11.7. The lowest BCUT2D eigenvalue weighted by molar-refractivity contribution is 0.101. The van der Waals surface area contributed by atoms with Crippen LogP contribution in [0.25, 0.3) is 0 Å². The van der Waals surface area contributed by atoms with Crippen molar-refractivity contribution in [2.75, 3.05) is 31.9 Å². The number of sulfonamides is 2. The second-order valence-electron chi connectivity index (χ2n) is 6.88. The number of rotatable bonds is 7. The number of ketones is 1. The summed E-state index contributed by atoms with van der Waals surface area (Å²) >= 11 is 0. The van der Waals surface area contributed by atoms with Gasteiger partial charge in [-0.1, -0.05) is 26.0 Å². The summed E-state index contributed by atoms with van der Waals surface area (Å²) in [6.45, 7) is 5.92. The van der Waals surface area contributed by atoms with Crippen LogP contribution in [0.1, 0.15) is 37.6 Å². The molecule has 26 heavy (non-hydrogen) atoms. The highest BCUT2D eigenvalue weighted by Crippen LogP contribution is 2.20. The lowest BCUT2D eigenvalue weighted by atomic mass is 10.2. The van der Waals surface area contributed by atoms with Crippen molar-refractivity contribution in [3.63, 3.8) is 0 Å². The molecule has 1 aromatic carbocycles. The summed E-state index contributed by atoms with van der Waals surface area (Å²) in [5.74, 6) is 0.253. The van der Waals surface area contributed by atoms with Crippen molar-refractivity contribution in [1.29, 1.82) is 0 Å². The lowest BCUT2D eigenvalue weighted by Crippen LogP contribution is -2.51. The Labute approximate surface area is 156 Å². The van der Waals surface area contributed by atoms with E-state index < -0.39 is 20.0 Å². The van der Waals surface area contributed by atoms with Crippen molar-refractivity contribution >= 4 is 25.8 Å². The zero-order chi connectivity index (χ0) is 19.5. The van der Waals surface area contributed by atoms with Crippen LogP contribution in [0.3, 0.4) is 0 Å². The zero-order valence-electron chi connectivity index (χ0n) is 15.4. The molecule has 0 N–H and O–H groups in total. The van der Waals surface area contributed by atoms with E-state index in [0.29, 0.717) is 17.9 Å². The molecule has 1 aromatic rings. The van der Waals surface area contributed by atoms with Crippen LogP contribution in [0.2, 0.25) is 0 Å². The van der Waals surface area contributed by atoms with Gasteiger partial charge in [-0.05, 0) is 31.4 Å². The second-order valence-corrected chi connectivity index (χ2v) is 10.9. The van der Waals surface area contributed by atoms with Gasteiger partial charge in [-0.2, -0.15) is 8.61 Å². The molecule has 2 rings (SSSR count). The lowest BCUT2D eigenvalue weighted by Gasteiger charge is -2.33. The number of benzene rings is 1. The fourth-order valence-electron chi connectivity index (χ4n) is 2.71. The van der Waals surface area contributed by atoms with Gasteiger partial charge in [0.05, 0.1) is 10.6 Å². The molecule has 0 bridgehead atoms. The van der Waals surface area contributed by atoms with E-state index in [2.05, 4.69) is 0 Å². The third-order valence-electron chi connectivity index (χ3n) is 4.44. The van der Waals surface area contributed by atoms with E-state index in [1.807, 2.05) is 13.8 Å². The Balaban J connectivity index is 2.05. The molecule has 0 atom stereocenters. The predicted molar refractivity (Wildman–Crippen MR) is 100 cm³/mol. The topological polar surface area (TPSA) is 91.8 Å². The molecule has 1 saturated heterocycles. The predicted octanol–water partition coefficient (Wildman–Crippen LogP) is 1.57. The van der Waals surface area contributed by atoms with Crippen molar-refractivity contribution < 1.29 is 21.6 Å².